The van der Waals surface area contributed by atoms with Crippen molar-refractivity contribution in [3.05, 3.63) is 81.3 Å². The van der Waals surface area contributed by atoms with E-state index < -0.39 is 0 Å². The lowest BCUT2D eigenvalue weighted by atomic mass is 9.84. The molecule has 34 heavy (non-hydrogen) atoms. The summed E-state index contributed by atoms with van der Waals surface area (Å²) in [5.74, 6) is 2.80. The van der Waals surface area contributed by atoms with Gasteiger partial charge in [-0.2, -0.15) is 0 Å². The molecule has 0 aliphatic carbocycles. The van der Waals surface area contributed by atoms with E-state index in [-0.39, 0.29) is 11.5 Å². The van der Waals surface area contributed by atoms with Crippen LogP contribution in [0.3, 0.4) is 0 Å². The number of nitrogens with one attached hydrogen (secondary N) is 1. The van der Waals surface area contributed by atoms with E-state index in [2.05, 4.69) is 39.9 Å². The van der Waals surface area contributed by atoms with Gasteiger partial charge in [-0.1, -0.05) is 18.2 Å². The Hall–Kier alpha value is -3.21. The molecule has 0 fully saturated rings. The van der Waals surface area contributed by atoms with Gasteiger partial charge in [-0.25, -0.2) is 0 Å². The minimum absolute atomic E-state index is 0.132. The first-order valence-corrected chi connectivity index (χ1v) is 12.0. The first-order valence-electron chi connectivity index (χ1n) is 12.0. The molecule has 3 aromatic rings. The molecule has 2 aromatic carbocycles. The highest BCUT2D eigenvalue weighted by Gasteiger charge is 2.30. The SMILES string of the molecule is COc1ccccc1CCNC(=O)c1ccc(Cc2c(C)c(C)c3c(c2C)CCC(C)(C)O3)o1. The number of hydrogen-bond donors (Lipinski definition) is 1. The molecule has 1 N–H and O–H groups in total. The van der Waals surface area contributed by atoms with E-state index in [0.717, 1.165) is 35.7 Å². The number of carbonyl (C=O) groups excluding carboxylic acids is 1. The van der Waals surface area contributed by atoms with Gasteiger partial charge in [0.2, 0.25) is 0 Å². The van der Waals surface area contributed by atoms with Crippen molar-refractivity contribution in [2.24, 2.45) is 0 Å². The molecule has 1 aliphatic heterocycles. The van der Waals surface area contributed by atoms with Gasteiger partial charge in [0, 0.05) is 13.0 Å². The maximum absolute atomic E-state index is 12.6. The number of hydrogen-bond acceptors (Lipinski definition) is 4. The van der Waals surface area contributed by atoms with Crippen LogP contribution in [0.15, 0.2) is 40.8 Å². The monoisotopic (exact) mass is 461 g/mol. The highest BCUT2D eigenvalue weighted by Crippen LogP contribution is 2.41. The molecule has 0 radical (unpaired) electrons. The fourth-order valence-electron chi connectivity index (χ4n) is 4.79. The van der Waals surface area contributed by atoms with Crippen molar-refractivity contribution in [2.45, 2.75) is 65.9 Å². The summed E-state index contributed by atoms with van der Waals surface area (Å²) in [6, 6.07) is 11.5. The summed E-state index contributed by atoms with van der Waals surface area (Å²) in [5, 5.41) is 2.95. The average molecular weight is 462 g/mol. The number of para-hydroxylation sites is 1. The van der Waals surface area contributed by atoms with Crippen LogP contribution in [0.4, 0.5) is 0 Å². The van der Waals surface area contributed by atoms with Gasteiger partial charge in [0.15, 0.2) is 5.76 Å². The highest BCUT2D eigenvalue weighted by molar-refractivity contribution is 5.91. The van der Waals surface area contributed by atoms with Crippen molar-refractivity contribution < 1.29 is 18.7 Å². The summed E-state index contributed by atoms with van der Waals surface area (Å²) in [4.78, 5) is 12.6. The Bertz CT molecular complexity index is 1210. The van der Waals surface area contributed by atoms with Crippen LogP contribution in [0.5, 0.6) is 11.5 Å². The van der Waals surface area contributed by atoms with Crippen LogP contribution < -0.4 is 14.8 Å². The number of fused-ring (bicyclic) bond motifs is 1. The van der Waals surface area contributed by atoms with Gasteiger partial charge in [0.1, 0.15) is 22.9 Å². The van der Waals surface area contributed by atoms with Crippen LogP contribution in [0.1, 0.15) is 70.0 Å². The second-order valence-electron chi connectivity index (χ2n) is 9.78. The molecule has 0 unspecified atom stereocenters. The Labute approximate surface area is 202 Å². The van der Waals surface area contributed by atoms with Gasteiger partial charge in [-0.05, 0) is 105 Å². The Morgan fingerprint density at radius 3 is 2.59 bits per heavy atom. The minimum atomic E-state index is -0.202. The molecule has 0 saturated heterocycles. The predicted molar refractivity (Wildman–Crippen MR) is 134 cm³/mol. The smallest absolute Gasteiger partial charge is 0.287 e. The van der Waals surface area contributed by atoms with Crippen molar-refractivity contribution in [3.63, 3.8) is 0 Å². The van der Waals surface area contributed by atoms with Crippen LogP contribution >= 0.6 is 0 Å². The van der Waals surface area contributed by atoms with E-state index in [4.69, 9.17) is 13.9 Å². The third kappa shape index (κ3) is 4.84. The largest absolute Gasteiger partial charge is 0.496 e. The molecule has 5 nitrogen and oxygen atoms in total. The molecular formula is C29H35NO4. The second kappa shape index (κ2) is 9.57. The Morgan fingerprint density at radius 2 is 1.82 bits per heavy atom. The summed E-state index contributed by atoms with van der Waals surface area (Å²) in [5.41, 5.74) is 7.19. The lowest BCUT2D eigenvalue weighted by Crippen LogP contribution is -2.33. The molecular weight excluding hydrogens is 426 g/mol. The van der Waals surface area contributed by atoms with Crippen molar-refractivity contribution in [1.82, 2.24) is 5.32 Å². The number of ether oxygens (including phenoxy) is 2. The van der Waals surface area contributed by atoms with Crippen LogP contribution in [0.25, 0.3) is 0 Å². The molecule has 0 bridgehead atoms. The Morgan fingerprint density at radius 1 is 1.06 bits per heavy atom. The summed E-state index contributed by atoms with van der Waals surface area (Å²) < 4.78 is 17.7. The number of carbonyl (C=O) groups is 1. The lowest BCUT2D eigenvalue weighted by Gasteiger charge is -2.35. The van der Waals surface area contributed by atoms with E-state index in [9.17, 15) is 4.79 Å². The maximum atomic E-state index is 12.6. The van der Waals surface area contributed by atoms with Crippen LogP contribution in [0.2, 0.25) is 0 Å². The molecule has 1 amide bonds. The summed E-state index contributed by atoms with van der Waals surface area (Å²) in [6.45, 7) is 11.3. The molecule has 0 atom stereocenters. The molecule has 4 rings (SSSR count). The van der Waals surface area contributed by atoms with Gasteiger partial charge < -0.3 is 19.2 Å². The summed E-state index contributed by atoms with van der Waals surface area (Å²) in [6.07, 6.45) is 3.36. The first-order chi connectivity index (χ1) is 16.2. The molecule has 1 aliphatic rings. The van der Waals surface area contributed by atoms with Gasteiger partial charge in [-0.3, -0.25) is 4.79 Å². The quantitative estimate of drug-likeness (QED) is 0.477. The molecule has 1 aromatic heterocycles. The maximum Gasteiger partial charge on any atom is 0.287 e. The number of rotatable bonds is 7. The fraction of sp³-hybridized carbons (Fsp3) is 0.414. The number of furan rings is 1. The Kier molecular flexibility index (Phi) is 6.74. The zero-order valence-electron chi connectivity index (χ0n) is 21.1. The zero-order chi connectivity index (χ0) is 24.5. The van der Waals surface area contributed by atoms with Gasteiger partial charge >= 0.3 is 0 Å². The standard InChI is InChI=1S/C29H35NO4/c1-18-19(2)27-23(13-15-29(4,5)34-27)20(3)24(18)17-22-11-12-26(33-22)28(31)30-16-14-21-9-7-8-10-25(21)32-6/h7-12H,13-17H2,1-6H3,(H,30,31). The molecule has 0 spiro atoms. The topological polar surface area (TPSA) is 60.7 Å². The van der Waals surface area contributed by atoms with Crippen molar-refractivity contribution in [2.75, 3.05) is 13.7 Å². The van der Waals surface area contributed by atoms with E-state index in [1.165, 1.54) is 27.8 Å². The minimum Gasteiger partial charge on any atom is -0.496 e. The summed E-state index contributed by atoms with van der Waals surface area (Å²) in [7, 11) is 1.66. The predicted octanol–water partition coefficient (Wildman–Crippen LogP) is 5.88. The van der Waals surface area contributed by atoms with Gasteiger partial charge in [0.05, 0.1) is 7.11 Å². The third-order valence-electron chi connectivity index (χ3n) is 7.00. The van der Waals surface area contributed by atoms with Crippen molar-refractivity contribution in [3.8, 4) is 11.5 Å². The van der Waals surface area contributed by atoms with Crippen LogP contribution in [0, 0.1) is 20.8 Å². The fourth-order valence-corrected chi connectivity index (χ4v) is 4.79. The third-order valence-corrected chi connectivity index (χ3v) is 7.00. The normalized spacial score (nSPS) is 14.3. The van der Waals surface area contributed by atoms with E-state index in [1.54, 1.807) is 13.2 Å². The molecule has 180 valence electrons. The van der Waals surface area contributed by atoms with E-state index in [1.807, 2.05) is 30.3 Å². The van der Waals surface area contributed by atoms with Crippen LogP contribution in [-0.4, -0.2) is 25.2 Å². The molecule has 5 heteroatoms. The lowest BCUT2D eigenvalue weighted by molar-refractivity contribution is 0.0833. The average Bonchev–Trinajstić information content (AvgIpc) is 3.29. The first kappa shape index (κ1) is 23.9. The van der Waals surface area contributed by atoms with Crippen molar-refractivity contribution >= 4 is 5.91 Å². The van der Waals surface area contributed by atoms with Crippen LogP contribution in [-0.2, 0) is 19.3 Å². The van der Waals surface area contributed by atoms with E-state index >= 15 is 0 Å². The number of benzene rings is 2. The summed E-state index contributed by atoms with van der Waals surface area (Å²) >= 11 is 0. The number of methoxy groups -OCH3 is 1. The Balaban J connectivity index is 1.45. The van der Waals surface area contributed by atoms with Crippen molar-refractivity contribution in [1.29, 1.82) is 0 Å². The number of amides is 1. The second-order valence-corrected chi connectivity index (χ2v) is 9.78. The zero-order valence-corrected chi connectivity index (χ0v) is 21.1. The van der Waals surface area contributed by atoms with E-state index in [0.29, 0.717) is 25.1 Å². The van der Waals surface area contributed by atoms with Gasteiger partial charge in [0.25, 0.3) is 5.91 Å². The van der Waals surface area contributed by atoms with Gasteiger partial charge in [-0.15, -0.1) is 0 Å². The molecule has 2 heterocycles. The molecule has 0 saturated carbocycles. The highest BCUT2D eigenvalue weighted by atomic mass is 16.5.